The highest BCUT2D eigenvalue weighted by molar-refractivity contribution is 7.99. The molecule has 1 aliphatic rings. The maximum absolute atomic E-state index is 12.7. The van der Waals surface area contributed by atoms with Crippen LogP contribution in [0.1, 0.15) is 32.0 Å². The number of carbonyl (C=O) groups excluding carboxylic acids is 1. The number of nitrogens with zero attached hydrogens (tertiary/aromatic N) is 4. The third-order valence-corrected chi connectivity index (χ3v) is 6.48. The number of rotatable bonds is 10. The fourth-order valence-electron chi connectivity index (χ4n) is 3.85. The van der Waals surface area contributed by atoms with Crippen LogP contribution >= 0.6 is 11.8 Å². The van der Waals surface area contributed by atoms with E-state index in [0.717, 1.165) is 37.4 Å². The van der Waals surface area contributed by atoms with Crippen molar-refractivity contribution in [3.8, 4) is 22.9 Å². The highest BCUT2D eigenvalue weighted by atomic mass is 32.2. The van der Waals surface area contributed by atoms with Gasteiger partial charge in [0.2, 0.25) is 5.91 Å². The molecular formula is C25H30N4O4S. The average Bonchev–Trinajstić information content (AvgIpc) is 3.30. The maximum atomic E-state index is 12.7. The Morgan fingerprint density at radius 2 is 1.71 bits per heavy atom. The standard InChI is InChI=1S/C25H30N4O4S/c1-3-32-20-13-11-19(12-14-20)29-23(17-33-22-10-6-5-9-21(22)31-2)26-27-25(29)34-18-24(30)28-15-7-4-8-16-28/h5-6,9-14H,3-4,7-8,15-18H2,1-2H3. The number of carbonyl (C=O) groups is 1. The molecular weight excluding hydrogens is 452 g/mol. The number of para-hydroxylation sites is 2. The number of thioether (sulfide) groups is 1. The number of amides is 1. The van der Waals surface area contributed by atoms with Crippen LogP contribution in [0.3, 0.4) is 0 Å². The first kappa shape index (κ1) is 23.9. The number of piperidine rings is 1. The van der Waals surface area contributed by atoms with E-state index in [1.54, 1.807) is 7.11 Å². The Labute approximate surface area is 204 Å². The summed E-state index contributed by atoms with van der Waals surface area (Å²) in [5, 5.41) is 9.41. The van der Waals surface area contributed by atoms with Crippen LogP contribution < -0.4 is 14.2 Å². The molecule has 4 rings (SSSR count). The highest BCUT2D eigenvalue weighted by Crippen LogP contribution is 2.28. The van der Waals surface area contributed by atoms with Crippen molar-refractivity contribution < 1.29 is 19.0 Å². The number of likely N-dealkylation sites (tertiary alicyclic amines) is 1. The van der Waals surface area contributed by atoms with E-state index in [0.29, 0.717) is 34.8 Å². The number of methoxy groups -OCH3 is 1. The maximum Gasteiger partial charge on any atom is 0.233 e. The Balaban J connectivity index is 1.55. The zero-order valence-corrected chi connectivity index (χ0v) is 20.4. The van der Waals surface area contributed by atoms with Crippen LogP contribution in [0.2, 0.25) is 0 Å². The lowest BCUT2D eigenvalue weighted by Crippen LogP contribution is -2.36. The average molecular weight is 483 g/mol. The normalized spacial score (nSPS) is 13.5. The Bertz CT molecular complexity index is 1080. The molecule has 3 aromatic rings. The largest absolute Gasteiger partial charge is 0.494 e. The lowest BCUT2D eigenvalue weighted by Gasteiger charge is -2.26. The molecule has 2 heterocycles. The van der Waals surface area contributed by atoms with E-state index in [4.69, 9.17) is 14.2 Å². The van der Waals surface area contributed by atoms with Gasteiger partial charge in [0.1, 0.15) is 12.4 Å². The molecule has 0 unspecified atom stereocenters. The predicted molar refractivity (Wildman–Crippen MR) is 131 cm³/mol. The molecule has 0 spiro atoms. The van der Waals surface area contributed by atoms with E-state index in [1.807, 2.05) is 64.9 Å². The summed E-state index contributed by atoms with van der Waals surface area (Å²) in [6.07, 6.45) is 3.34. The van der Waals surface area contributed by atoms with Gasteiger partial charge in [0.05, 0.1) is 19.5 Å². The van der Waals surface area contributed by atoms with Gasteiger partial charge in [-0.3, -0.25) is 9.36 Å². The number of aromatic nitrogens is 3. The van der Waals surface area contributed by atoms with Crippen molar-refractivity contribution in [3.63, 3.8) is 0 Å². The van der Waals surface area contributed by atoms with E-state index in [-0.39, 0.29) is 12.5 Å². The Kier molecular flexibility index (Phi) is 8.30. The fourth-order valence-corrected chi connectivity index (χ4v) is 4.72. The molecule has 180 valence electrons. The number of ether oxygens (including phenoxy) is 3. The van der Waals surface area contributed by atoms with Crippen molar-refractivity contribution >= 4 is 17.7 Å². The summed E-state index contributed by atoms with van der Waals surface area (Å²) in [4.78, 5) is 14.7. The first-order chi connectivity index (χ1) is 16.7. The summed E-state index contributed by atoms with van der Waals surface area (Å²) in [6, 6.07) is 15.2. The summed E-state index contributed by atoms with van der Waals surface area (Å²) in [6.45, 7) is 4.42. The summed E-state index contributed by atoms with van der Waals surface area (Å²) >= 11 is 1.39. The van der Waals surface area contributed by atoms with Gasteiger partial charge in [0.25, 0.3) is 0 Å². The molecule has 0 bridgehead atoms. The zero-order valence-electron chi connectivity index (χ0n) is 19.6. The van der Waals surface area contributed by atoms with Crippen molar-refractivity contribution in [2.75, 3.05) is 32.6 Å². The lowest BCUT2D eigenvalue weighted by atomic mass is 10.1. The molecule has 0 atom stereocenters. The zero-order chi connectivity index (χ0) is 23.8. The summed E-state index contributed by atoms with van der Waals surface area (Å²) < 4.78 is 18.9. The van der Waals surface area contributed by atoms with Gasteiger partial charge in [-0.05, 0) is 62.6 Å². The van der Waals surface area contributed by atoms with Crippen LogP contribution in [0.5, 0.6) is 17.2 Å². The van der Waals surface area contributed by atoms with Gasteiger partial charge >= 0.3 is 0 Å². The molecule has 1 saturated heterocycles. The van der Waals surface area contributed by atoms with E-state index in [2.05, 4.69) is 10.2 Å². The smallest absolute Gasteiger partial charge is 0.233 e. The minimum absolute atomic E-state index is 0.137. The molecule has 9 heteroatoms. The molecule has 2 aromatic carbocycles. The van der Waals surface area contributed by atoms with Crippen molar-refractivity contribution in [2.45, 2.75) is 37.9 Å². The van der Waals surface area contributed by atoms with Gasteiger partial charge in [-0.15, -0.1) is 10.2 Å². The van der Waals surface area contributed by atoms with Crippen molar-refractivity contribution in [1.82, 2.24) is 19.7 Å². The second kappa shape index (κ2) is 11.8. The second-order valence-electron chi connectivity index (χ2n) is 7.83. The van der Waals surface area contributed by atoms with Crippen LogP contribution in [0.15, 0.2) is 53.7 Å². The van der Waals surface area contributed by atoms with E-state index in [1.165, 1.54) is 18.2 Å². The summed E-state index contributed by atoms with van der Waals surface area (Å²) in [5.41, 5.74) is 0.875. The molecule has 1 aromatic heterocycles. The molecule has 0 radical (unpaired) electrons. The Hall–Kier alpha value is -3.20. The van der Waals surface area contributed by atoms with Crippen LogP contribution in [0.25, 0.3) is 5.69 Å². The second-order valence-corrected chi connectivity index (χ2v) is 8.77. The third-order valence-electron chi connectivity index (χ3n) is 5.57. The topological polar surface area (TPSA) is 78.7 Å². The lowest BCUT2D eigenvalue weighted by molar-refractivity contribution is -0.129. The molecule has 34 heavy (non-hydrogen) atoms. The summed E-state index contributed by atoms with van der Waals surface area (Å²) in [5.74, 6) is 3.15. The molecule has 0 saturated carbocycles. The van der Waals surface area contributed by atoms with Crippen LogP contribution in [-0.4, -0.2) is 58.1 Å². The number of benzene rings is 2. The number of hydrogen-bond donors (Lipinski definition) is 0. The van der Waals surface area contributed by atoms with Gasteiger partial charge in [0, 0.05) is 18.8 Å². The molecule has 1 fully saturated rings. The SMILES string of the molecule is CCOc1ccc(-n2c(COc3ccccc3OC)nnc2SCC(=O)N2CCCCC2)cc1. The van der Waals surface area contributed by atoms with Crippen molar-refractivity contribution in [2.24, 2.45) is 0 Å². The van der Waals surface area contributed by atoms with Crippen LogP contribution in [0.4, 0.5) is 0 Å². The predicted octanol–water partition coefficient (Wildman–Crippen LogP) is 4.36. The highest BCUT2D eigenvalue weighted by Gasteiger charge is 2.20. The van der Waals surface area contributed by atoms with E-state index in [9.17, 15) is 4.79 Å². The molecule has 8 nitrogen and oxygen atoms in total. The molecule has 0 aliphatic carbocycles. The monoisotopic (exact) mass is 482 g/mol. The Morgan fingerprint density at radius 1 is 0.971 bits per heavy atom. The van der Waals surface area contributed by atoms with E-state index < -0.39 is 0 Å². The van der Waals surface area contributed by atoms with Gasteiger partial charge in [-0.25, -0.2) is 0 Å². The van der Waals surface area contributed by atoms with Crippen molar-refractivity contribution in [1.29, 1.82) is 0 Å². The number of hydrogen-bond acceptors (Lipinski definition) is 7. The molecule has 1 amide bonds. The minimum Gasteiger partial charge on any atom is -0.494 e. The quantitative estimate of drug-likeness (QED) is 0.397. The minimum atomic E-state index is 0.137. The van der Waals surface area contributed by atoms with Crippen molar-refractivity contribution in [3.05, 3.63) is 54.4 Å². The first-order valence-corrected chi connectivity index (χ1v) is 12.5. The summed E-state index contributed by atoms with van der Waals surface area (Å²) in [7, 11) is 1.61. The molecule has 1 aliphatic heterocycles. The third kappa shape index (κ3) is 5.83. The Morgan fingerprint density at radius 3 is 2.41 bits per heavy atom. The van der Waals surface area contributed by atoms with Gasteiger partial charge in [0.15, 0.2) is 22.5 Å². The van der Waals surface area contributed by atoms with Gasteiger partial charge in [-0.2, -0.15) is 0 Å². The van der Waals surface area contributed by atoms with Gasteiger partial charge < -0.3 is 19.1 Å². The fraction of sp³-hybridized carbons (Fsp3) is 0.400. The van der Waals surface area contributed by atoms with Gasteiger partial charge in [-0.1, -0.05) is 23.9 Å². The van der Waals surface area contributed by atoms with Crippen LogP contribution in [0, 0.1) is 0 Å². The van der Waals surface area contributed by atoms with Crippen LogP contribution in [-0.2, 0) is 11.4 Å². The molecule has 0 N–H and O–H groups in total. The first-order valence-electron chi connectivity index (χ1n) is 11.5. The van der Waals surface area contributed by atoms with E-state index >= 15 is 0 Å².